The molecule has 4 N–H and O–H groups in total. The van der Waals surface area contributed by atoms with Crippen LogP contribution in [-0.4, -0.2) is 14.8 Å². The third-order valence-corrected chi connectivity index (χ3v) is 3.23. The zero-order valence-corrected chi connectivity index (χ0v) is 9.11. The smallest absolute Gasteiger partial charge is 0.213 e. The molecule has 1 aromatic carbocycles. The first-order valence-corrected chi connectivity index (χ1v) is 5.52. The van der Waals surface area contributed by atoms with Gasteiger partial charge in [-0.3, -0.25) is 0 Å². The van der Waals surface area contributed by atoms with E-state index in [0.717, 1.165) is 15.3 Å². The third kappa shape index (κ3) is 1.31. The Bertz CT molecular complexity index is 621. The van der Waals surface area contributed by atoms with Crippen molar-refractivity contribution in [2.75, 3.05) is 11.5 Å². The molecule has 0 aliphatic carbocycles. The molecule has 3 aromatic rings. The molecule has 0 unspecified atom stereocenters. The van der Waals surface area contributed by atoms with E-state index in [9.17, 15) is 0 Å². The van der Waals surface area contributed by atoms with Gasteiger partial charge in [0.15, 0.2) is 0 Å². The average Bonchev–Trinajstić information content (AvgIpc) is 2.81. The number of fused-ring (bicyclic) bond motifs is 1. The van der Waals surface area contributed by atoms with Crippen molar-refractivity contribution < 1.29 is 0 Å². The van der Waals surface area contributed by atoms with E-state index in [1.807, 2.05) is 24.3 Å². The number of para-hydroxylation sites is 1. The number of aromatic nitrogens is 3. The number of thiazole rings is 1. The topological polar surface area (TPSA) is 82.8 Å². The molecule has 0 aliphatic rings. The van der Waals surface area contributed by atoms with Gasteiger partial charge < -0.3 is 11.5 Å². The van der Waals surface area contributed by atoms with Crippen LogP contribution in [0.2, 0.25) is 0 Å². The molecule has 0 saturated heterocycles. The molecule has 3 rings (SSSR count). The van der Waals surface area contributed by atoms with Gasteiger partial charge in [-0.15, -0.1) is 5.10 Å². The molecular weight excluding hydrogens is 222 g/mol. The first-order valence-electron chi connectivity index (χ1n) is 4.71. The largest absolute Gasteiger partial charge is 0.383 e. The zero-order chi connectivity index (χ0) is 11.1. The maximum Gasteiger partial charge on any atom is 0.213 e. The maximum atomic E-state index is 5.78. The van der Waals surface area contributed by atoms with Crippen LogP contribution < -0.4 is 11.5 Å². The molecule has 0 spiro atoms. The SMILES string of the molecule is Nc1cc(N)n(-c2nc3ccccc3s2)n1. The lowest BCUT2D eigenvalue weighted by atomic mass is 10.3. The first kappa shape index (κ1) is 9.17. The van der Waals surface area contributed by atoms with Gasteiger partial charge in [0.25, 0.3) is 0 Å². The fourth-order valence-corrected chi connectivity index (χ4v) is 2.46. The second-order valence-electron chi connectivity index (χ2n) is 3.37. The normalized spacial score (nSPS) is 11.0. The molecule has 0 amide bonds. The van der Waals surface area contributed by atoms with Gasteiger partial charge in [0.05, 0.1) is 10.2 Å². The second-order valence-corrected chi connectivity index (χ2v) is 4.38. The molecule has 80 valence electrons. The lowest BCUT2D eigenvalue weighted by Crippen LogP contribution is -2.01. The molecule has 0 radical (unpaired) electrons. The monoisotopic (exact) mass is 231 g/mol. The van der Waals surface area contributed by atoms with E-state index >= 15 is 0 Å². The van der Waals surface area contributed by atoms with E-state index in [2.05, 4.69) is 10.1 Å². The summed E-state index contributed by atoms with van der Waals surface area (Å²) in [5, 5.41) is 4.82. The maximum absolute atomic E-state index is 5.78. The van der Waals surface area contributed by atoms with Crippen molar-refractivity contribution >= 4 is 33.2 Å². The lowest BCUT2D eigenvalue weighted by Gasteiger charge is -1.95. The van der Waals surface area contributed by atoms with Crippen LogP contribution in [0, 0.1) is 0 Å². The van der Waals surface area contributed by atoms with Gasteiger partial charge in [-0.05, 0) is 12.1 Å². The quantitative estimate of drug-likeness (QED) is 0.667. The average molecular weight is 231 g/mol. The Labute approximate surface area is 95.3 Å². The summed E-state index contributed by atoms with van der Waals surface area (Å²) in [7, 11) is 0. The second kappa shape index (κ2) is 3.21. The van der Waals surface area contributed by atoms with Gasteiger partial charge in [-0.25, -0.2) is 4.98 Å². The summed E-state index contributed by atoms with van der Waals surface area (Å²) >= 11 is 1.53. The summed E-state index contributed by atoms with van der Waals surface area (Å²) in [5.41, 5.74) is 12.3. The minimum atomic E-state index is 0.400. The molecule has 0 fully saturated rings. The van der Waals surface area contributed by atoms with E-state index in [1.165, 1.54) is 11.3 Å². The summed E-state index contributed by atoms with van der Waals surface area (Å²) in [6.45, 7) is 0. The third-order valence-electron chi connectivity index (χ3n) is 2.22. The highest BCUT2D eigenvalue weighted by Gasteiger charge is 2.09. The summed E-state index contributed by atoms with van der Waals surface area (Å²) in [6.07, 6.45) is 0. The number of hydrogen-bond acceptors (Lipinski definition) is 5. The molecule has 0 atom stereocenters. The van der Waals surface area contributed by atoms with E-state index in [4.69, 9.17) is 11.5 Å². The van der Waals surface area contributed by atoms with Crippen molar-refractivity contribution in [2.45, 2.75) is 0 Å². The molecule has 2 aromatic heterocycles. The van der Waals surface area contributed by atoms with Crippen LogP contribution in [0.4, 0.5) is 11.6 Å². The van der Waals surface area contributed by atoms with Crippen LogP contribution in [0.15, 0.2) is 30.3 Å². The molecule has 16 heavy (non-hydrogen) atoms. The summed E-state index contributed by atoms with van der Waals surface area (Å²) in [4.78, 5) is 4.44. The molecule has 0 saturated carbocycles. The van der Waals surface area contributed by atoms with E-state index in [-0.39, 0.29) is 0 Å². The fraction of sp³-hybridized carbons (Fsp3) is 0. The molecule has 2 heterocycles. The molecule has 0 bridgehead atoms. The molecule has 6 heteroatoms. The summed E-state index contributed by atoms with van der Waals surface area (Å²) in [5.74, 6) is 0.897. The van der Waals surface area contributed by atoms with Crippen LogP contribution in [0.1, 0.15) is 0 Å². The predicted molar refractivity (Wildman–Crippen MR) is 65.6 cm³/mol. The van der Waals surface area contributed by atoms with E-state index in [0.29, 0.717) is 11.6 Å². The van der Waals surface area contributed by atoms with Crippen LogP contribution in [0.3, 0.4) is 0 Å². The van der Waals surface area contributed by atoms with Crippen LogP contribution in [0.25, 0.3) is 15.3 Å². The molecule has 0 aliphatic heterocycles. The fourth-order valence-electron chi connectivity index (χ4n) is 1.52. The summed E-state index contributed by atoms with van der Waals surface area (Å²) in [6, 6.07) is 9.52. The highest BCUT2D eigenvalue weighted by molar-refractivity contribution is 7.20. The van der Waals surface area contributed by atoms with Gasteiger partial charge in [0.1, 0.15) is 11.6 Å². The Hall–Kier alpha value is -2.08. The Morgan fingerprint density at radius 2 is 2.00 bits per heavy atom. The Balaban J connectivity index is 2.22. The number of nitrogens with two attached hydrogens (primary N) is 2. The number of benzene rings is 1. The summed E-state index contributed by atoms with van der Waals surface area (Å²) < 4.78 is 2.66. The van der Waals surface area contributed by atoms with E-state index < -0.39 is 0 Å². The predicted octanol–water partition coefficient (Wildman–Crippen LogP) is 1.65. The number of nitrogens with zero attached hydrogens (tertiary/aromatic N) is 3. The zero-order valence-electron chi connectivity index (χ0n) is 8.29. The van der Waals surface area contributed by atoms with Crippen LogP contribution in [-0.2, 0) is 0 Å². The van der Waals surface area contributed by atoms with Gasteiger partial charge in [-0.1, -0.05) is 23.5 Å². The van der Waals surface area contributed by atoms with Crippen LogP contribution in [0.5, 0.6) is 0 Å². The lowest BCUT2D eigenvalue weighted by molar-refractivity contribution is 0.889. The Morgan fingerprint density at radius 3 is 2.69 bits per heavy atom. The van der Waals surface area contributed by atoms with Crippen molar-refractivity contribution in [1.29, 1.82) is 0 Å². The minimum Gasteiger partial charge on any atom is -0.383 e. The standard InChI is InChI=1S/C10H9N5S/c11-8-5-9(12)15(14-8)10-13-6-3-1-2-4-7(6)16-10/h1-5H,12H2,(H2,11,14). The van der Waals surface area contributed by atoms with Gasteiger partial charge >= 0.3 is 0 Å². The van der Waals surface area contributed by atoms with Crippen molar-refractivity contribution in [3.63, 3.8) is 0 Å². The number of anilines is 2. The highest BCUT2D eigenvalue weighted by Crippen LogP contribution is 2.26. The molecular formula is C10H9N5S. The minimum absolute atomic E-state index is 0.400. The van der Waals surface area contributed by atoms with Crippen molar-refractivity contribution in [3.05, 3.63) is 30.3 Å². The number of rotatable bonds is 1. The van der Waals surface area contributed by atoms with Crippen LogP contribution >= 0.6 is 11.3 Å². The van der Waals surface area contributed by atoms with Gasteiger partial charge in [0, 0.05) is 6.07 Å². The van der Waals surface area contributed by atoms with E-state index in [1.54, 1.807) is 10.7 Å². The number of nitrogen functional groups attached to an aromatic ring is 2. The molecule has 5 nitrogen and oxygen atoms in total. The first-order chi connectivity index (χ1) is 7.74. The number of hydrogen-bond donors (Lipinski definition) is 2. The van der Waals surface area contributed by atoms with Gasteiger partial charge in [-0.2, -0.15) is 4.68 Å². The Morgan fingerprint density at radius 1 is 1.19 bits per heavy atom. The van der Waals surface area contributed by atoms with Crippen molar-refractivity contribution in [2.24, 2.45) is 0 Å². The van der Waals surface area contributed by atoms with Crippen molar-refractivity contribution in [3.8, 4) is 5.13 Å². The highest BCUT2D eigenvalue weighted by atomic mass is 32.1. The van der Waals surface area contributed by atoms with Crippen molar-refractivity contribution in [1.82, 2.24) is 14.8 Å². The van der Waals surface area contributed by atoms with Gasteiger partial charge in [0.2, 0.25) is 5.13 Å². The Kier molecular flexibility index (Phi) is 1.84.